The summed E-state index contributed by atoms with van der Waals surface area (Å²) >= 11 is 6.15. The molecule has 2 N–H and O–H groups in total. The van der Waals surface area contributed by atoms with Crippen LogP contribution in [0.3, 0.4) is 0 Å². The van der Waals surface area contributed by atoms with Crippen LogP contribution in [0.1, 0.15) is 54.9 Å². The molecule has 2 aliphatic heterocycles. The SMILES string of the molecule is CCCN(CC1CC1)C(=O)c1ccc(O)cc1OC[C@@H](O)CN1CCC2(CC1)Cc1cc(Cl)ccc1O2. The third-order valence-electron chi connectivity index (χ3n) is 7.68. The second kappa shape index (κ2) is 11.1. The van der Waals surface area contributed by atoms with Crippen LogP contribution in [0.2, 0.25) is 5.02 Å². The quantitative estimate of drug-likeness (QED) is 0.472. The number of carbonyl (C=O) groups is 1. The molecule has 2 fully saturated rings. The molecule has 1 aliphatic carbocycles. The van der Waals surface area contributed by atoms with Crippen molar-refractivity contribution in [3.63, 3.8) is 0 Å². The first-order valence-electron chi connectivity index (χ1n) is 13.5. The fraction of sp³-hybridized carbons (Fsp3) is 0.552. The predicted molar refractivity (Wildman–Crippen MR) is 143 cm³/mol. The van der Waals surface area contributed by atoms with Crippen LogP contribution in [0.15, 0.2) is 36.4 Å². The third-order valence-corrected chi connectivity index (χ3v) is 7.92. The lowest BCUT2D eigenvalue weighted by atomic mass is 9.87. The molecule has 37 heavy (non-hydrogen) atoms. The van der Waals surface area contributed by atoms with Crippen LogP contribution in [0.4, 0.5) is 0 Å². The number of nitrogens with zero attached hydrogens (tertiary/aromatic N) is 2. The second-order valence-electron chi connectivity index (χ2n) is 10.9. The molecule has 1 atom stereocenters. The maximum absolute atomic E-state index is 13.3. The Kier molecular flexibility index (Phi) is 7.84. The van der Waals surface area contributed by atoms with Gasteiger partial charge >= 0.3 is 0 Å². The van der Waals surface area contributed by atoms with E-state index in [4.69, 9.17) is 21.1 Å². The zero-order valence-electron chi connectivity index (χ0n) is 21.5. The second-order valence-corrected chi connectivity index (χ2v) is 11.3. The molecule has 1 saturated carbocycles. The van der Waals surface area contributed by atoms with Crippen LogP contribution in [0.25, 0.3) is 0 Å². The number of amides is 1. The number of ether oxygens (including phenoxy) is 2. The van der Waals surface area contributed by atoms with Gasteiger partial charge in [0, 0.05) is 63.1 Å². The van der Waals surface area contributed by atoms with E-state index < -0.39 is 6.10 Å². The number of hydrogen-bond donors (Lipinski definition) is 2. The molecular weight excluding hydrogens is 492 g/mol. The van der Waals surface area contributed by atoms with Crippen molar-refractivity contribution < 1.29 is 24.5 Å². The lowest BCUT2D eigenvalue weighted by Crippen LogP contribution is -2.49. The molecule has 3 aliphatic rings. The summed E-state index contributed by atoms with van der Waals surface area (Å²) in [4.78, 5) is 17.4. The van der Waals surface area contributed by atoms with Crippen LogP contribution in [0.5, 0.6) is 17.2 Å². The summed E-state index contributed by atoms with van der Waals surface area (Å²) in [5.74, 6) is 1.78. The monoisotopic (exact) mass is 528 g/mol. The van der Waals surface area contributed by atoms with Gasteiger partial charge in [-0.05, 0) is 61.1 Å². The number of hydrogen-bond acceptors (Lipinski definition) is 6. The normalized spacial score (nSPS) is 19.3. The van der Waals surface area contributed by atoms with Crippen LogP contribution in [-0.4, -0.2) is 77.0 Å². The van der Waals surface area contributed by atoms with Crippen molar-refractivity contribution in [1.82, 2.24) is 9.80 Å². The van der Waals surface area contributed by atoms with E-state index in [2.05, 4.69) is 11.8 Å². The number of aliphatic hydroxyl groups excluding tert-OH is 1. The summed E-state index contributed by atoms with van der Waals surface area (Å²) < 4.78 is 12.2. The first kappa shape index (κ1) is 26.1. The molecule has 0 unspecified atom stereocenters. The van der Waals surface area contributed by atoms with Gasteiger partial charge in [0.2, 0.25) is 0 Å². The van der Waals surface area contributed by atoms with Gasteiger partial charge in [-0.2, -0.15) is 0 Å². The van der Waals surface area contributed by atoms with Gasteiger partial charge in [-0.3, -0.25) is 4.79 Å². The Morgan fingerprint density at radius 2 is 2.03 bits per heavy atom. The first-order valence-corrected chi connectivity index (χ1v) is 13.8. The van der Waals surface area contributed by atoms with E-state index in [9.17, 15) is 15.0 Å². The summed E-state index contributed by atoms with van der Waals surface area (Å²) in [6.07, 6.45) is 5.13. The van der Waals surface area contributed by atoms with E-state index >= 15 is 0 Å². The number of aliphatic hydroxyl groups is 1. The van der Waals surface area contributed by atoms with Crippen molar-refractivity contribution in [1.29, 1.82) is 0 Å². The van der Waals surface area contributed by atoms with Crippen LogP contribution >= 0.6 is 11.6 Å². The number of phenolic OH excluding ortho intramolecular Hbond substituents is 1. The van der Waals surface area contributed by atoms with Gasteiger partial charge < -0.3 is 29.5 Å². The molecule has 1 spiro atoms. The maximum atomic E-state index is 13.3. The van der Waals surface area contributed by atoms with Crippen molar-refractivity contribution in [2.45, 2.75) is 57.2 Å². The molecule has 200 valence electrons. The Hall–Kier alpha value is -2.48. The van der Waals surface area contributed by atoms with Gasteiger partial charge in [-0.15, -0.1) is 0 Å². The van der Waals surface area contributed by atoms with Gasteiger partial charge in [0.25, 0.3) is 5.91 Å². The highest BCUT2D eigenvalue weighted by atomic mass is 35.5. The summed E-state index contributed by atoms with van der Waals surface area (Å²) in [5.41, 5.74) is 1.41. The van der Waals surface area contributed by atoms with E-state index in [1.165, 1.54) is 30.5 Å². The van der Waals surface area contributed by atoms with Crippen molar-refractivity contribution in [2.75, 3.05) is 39.3 Å². The Morgan fingerprint density at radius 1 is 1.24 bits per heavy atom. The zero-order valence-corrected chi connectivity index (χ0v) is 22.3. The number of phenols is 1. The minimum Gasteiger partial charge on any atom is -0.508 e. The van der Waals surface area contributed by atoms with E-state index in [1.54, 1.807) is 6.07 Å². The molecule has 0 radical (unpaired) electrons. The number of β-amino-alcohol motifs (C(OH)–C–C–N with tert-alkyl or cyclic N) is 1. The minimum atomic E-state index is -0.724. The lowest BCUT2D eigenvalue weighted by Gasteiger charge is -2.39. The molecule has 8 heteroatoms. The van der Waals surface area contributed by atoms with Crippen molar-refractivity contribution >= 4 is 17.5 Å². The zero-order chi connectivity index (χ0) is 26.0. The Labute approximate surface area is 223 Å². The number of halogens is 1. The summed E-state index contributed by atoms with van der Waals surface area (Å²) in [5, 5.41) is 21.5. The van der Waals surface area contributed by atoms with Crippen LogP contribution < -0.4 is 9.47 Å². The molecule has 0 aromatic heterocycles. The van der Waals surface area contributed by atoms with Gasteiger partial charge in [0.1, 0.15) is 35.6 Å². The largest absolute Gasteiger partial charge is 0.508 e. The summed E-state index contributed by atoms with van der Waals surface area (Å²) in [6, 6.07) is 10.4. The van der Waals surface area contributed by atoms with Crippen molar-refractivity contribution in [3.8, 4) is 17.2 Å². The molecule has 7 nitrogen and oxygen atoms in total. The number of rotatable bonds is 10. The third kappa shape index (κ3) is 6.33. The Balaban J connectivity index is 1.14. The molecule has 1 saturated heterocycles. The van der Waals surface area contributed by atoms with Gasteiger partial charge in [-0.1, -0.05) is 18.5 Å². The standard InChI is InChI=1S/C29H37ClN2O5/c1-2-11-32(17-20-3-4-20)28(35)25-7-6-23(33)15-27(25)36-19-24(34)18-31-12-9-29(10-13-31)16-21-14-22(30)5-8-26(21)37-29/h5-8,14-15,20,24,33-34H,2-4,9-13,16-19H2,1H3/t24-/m0/s1. The summed E-state index contributed by atoms with van der Waals surface area (Å²) in [7, 11) is 0. The molecule has 2 aromatic rings. The first-order chi connectivity index (χ1) is 17.8. The fourth-order valence-electron chi connectivity index (χ4n) is 5.50. The number of aromatic hydroxyl groups is 1. The highest BCUT2D eigenvalue weighted by molar-refractivity contribution is 6.30. The van der Waals surface area contributed by atoms with Crippen LogP contribution in [0, 0.1) is 5.92 Å². The van der Waals surface area contributed by atoms with E-state index in [0.717, 1.165) is 56.1 Å². The average Bonchev–Trinajstić information content (AvgIpc) is 3.63. The maximum Gasteiger partial charge on any atom is 0.257 e. The number of benzene rings is 2. The molecule has 0 bridgehead atoms. The Morgan fingerprint density at radius 3 is 2.76 bits per heavy atom. The van der Waals surface area contributed by atoms with E-state index in [0.29, 0.717) is 30.3 Å². The number of likely N-dealkylation sites (tertiary alicyclic amines) is 1. The van der Waals surface area contributed by atoms with Gasteiger partial charge in [0.15, 0.2) is 0 Å². The van der Waals surface area contributed by atoms with E-state index in [-0.39, 0.29) is 23.9 Å². The molecule has 5 rings (SSSR count). The predicted octanol–water partition coefficient (Wildman–Crippen LogP) is 4.52. The Bertz CT molecular complexity index is 1110. The molecule has 2 aromatic carbocycles. The van der Waals surface area contributed by atoms with E-state index in [1.807, 2.05) is 23.1 Å². The molecule has 1 amide bonds. The topological polar surface area (TPSA) is 82.5 Å². The number of fused-ring (bicyclic) bond motifs is 1. The minimum absolute atomic E-state index is 0.0328. The fourth-order valence-corrected chi connectivity index (χ4v) is 5.69. The number of piperidine rings is 1. The summed E-state index contributed by atoms with van der Waals surface area (Å²) in [6.45, 7) is 5.67. The van der Waals surface area contributed by atoms with Gasteiger partial charge in [0.05, 0.1) is 5.56 Å². The average molecular weight is 529 g/mol. The molecular formula is C29H37ClN2O5. The highest BCUT2D eigenvalue weighted by Crippen LogP contribution is 2.42. The molecule has 2 heterocycles. The van der Waals surface area contributed by atoms with Crippen molar-refractivity contribution in [3.05, 3.63) is 52.5 Å². The van der Waals surface area contributed by atoms with Crippen LogP contribution in [-0.2, 0) is 6.42 Å². The highest BCUT2D eigenvalue weighted by Gasteiger charge is 2.42. The lowest BCUT2D eigenvalue weighted by molar-refractivity contribution is -0.00202. The smallest absolute Gasteiger partial charge is 0.257 e. The number of carbonyl (C=O) groups excluding carboxylic acids is 1. The van der Waals surface area contributed by atoms with Crippen molar-refractivity contribution in [2.24, 2.45) is 5.92 Å². The van der Waals surface area contributed by atoms with Gasteiger partial charge in [-0.25, -0.2) is 0 Å².